The van der Waals surface area contributed by atoms with Crippen LogP contribution in [-0.2, 0) is 9.63 Å². The number of hydrogen-bond acceptors (Lipinski definition) is 3. The summed E-state index contributed by atoms with van der Waals surface area (Å²) in [5.74, 6) is -1.43. The van der Waals surface area contributed by atoms with Gasteiger partial charge in [-0.2, -0.15) is 8.78 Å². The molecule has 0 aliphatic carbocycles. The van der Waals surface area contributed by atoms with E-state index in [4.69, 9.17) is 5.11 Å². The Balaban J connectivity index is 3.36. The average molecular weight is 139 g/mol. The minimum Gasteiger partial charge on any atom is -0.477 e. The van der Waals surface area contributed by atoms with Gasteiger partial charge in [0, 0.05) is 0 Å². The van der Waals surface area contributed by atoms with Gasteiger partial charge < -0.3 is 9.94 Å². The van der Waals surface area contributed by atoms with Crippen LogP contribution >= 0.6 is 0 Å². The maximum absolute atomic E-state index is 11.0. The molecule has 0 aliphatic rings. The maximum atomic E-state index is 11.0. The molecular formula is C3H3F2NO3. The topological polar surface area (TPSA) is 58.9 Å². The Labute approximate surface area is 48.7 Å². The lowest BCUT2D eigenvalue weighted by atomic mass is 10.8. The first kappa shape index (κ1) is 7.80. The van der Waals surface area contributed by atoms with Crippen molar-refractivity contribution in [2.45, 2.75) is 6.61 Å². The Morgan fingerprint density at radius 3 is 2.67 bits per heavy atom. The Morgan fingerprint density at radius 1 is 1.78 bits per heavy atom. The van der Waals surface area contributed by atoms with Crippen LogP contribution in [0.3, 0.4) is 0 Å². The number of alkyl halides is 2. The largest absolute Gasteiger partial charge is 0.477 e. The molecule has 4 nitrogen and oxygen atoms in total. The van der Waals surface area contributed by atoms with Gasteiger partial charge in [0.1, 0.15) is 0 Å². The van der Waals surface area contributed by atoms with Gasteiger partial charge in [-0.15, -0.1) is 0 Å². The van der Waals surface area contributed by atoms with Crippen LogP contribution in [0.5, 0.6) is 0 Å². The van der Waals surface area contributed by atoms with Gasteiger partial charge in [-0.1, -0.05) is 5.16 Å². The predicted octanol–water partition coefficient (Wildman–Crippen LogP) is 0.296. The van der Waals surface area contributed by atoms with E-state index in [0.717, 1.165) is 0 Å². The van der Waals surface area contributed by atoms with Crippen molar-refractivity contribution in [3.8, 4) is 0 Å². The second-order valence-electron chi connectivity index (χ2n) is 0.939. The summed E-state index contributed by atoms with van der Waals surface area (Å²) in [4.78, 5) is 12.7. The molecule has 0 saturated carbocycles. The second kappa shape index (κ2) is 3.76. The number of hydrogen-bond donors (Lipinski definition) is 1. The number of halogens is 2. The zero-order valence-electron chi connectivity index (χ0n) is 4.12. The molecule has 0 unspecified atom stereocenters. The van der Waals surface area contributed by atoms with E-state index in [1.54, 1.807) is 0 Å². The lowest BCUT2D eigenvalue weighted by Crippen LogP contribution is -1.98. The van der Waals surface area contributed by atoms with Gasteiger partial charge >= 0.3 is 12.6 Å². The zero-order valence-corrected chi connectivity index (χ0v) is 4.12. The van der Waals surface area contributed by atoms with Crippen LogP contribution in [0.25, 0.3) is 0 Å². The molecule has 0 aromatic rings. The molecule has 6 heteroatoms. The van der Waals surface area contributed by atoms with E-state index in [0.29, 0.717) is 0 Å². The lowest BCUT2D eigenvalue weighted by Gasteiger charge is -1.90. The summed E-state index contributed by atoms with van der Waals surface area (Å²) < 4.78 is 21.9. The van der Waals surface area contributed by atoms with Gasteiger partial charge in [0.2, 0.25) is 0 Å². The molecule has 0 aromatic heterocycles. The molecular weight excluding hydrogens is 136 g/mol. The van der Waals surface area contributed by atoms with Crippen molar-refractivity contribution in [2.75, 3.05) is 0 Å². The number of oxime groups is 1. The zero-order chi connectivity index (χ0) is 7.28. The number of carboxylic acids is 1. The van der Waals surface area contributed by atoms with E-state index in [2.05, 4.69) is 9.99 Å². The Kier molecular flexibility index (Phi) is 3.26. The summed E-state index contributed by atoms with van der Waals surface area (Å²) in [7, 11) is 0. The average Bonchev–Trinajstić information content (AvgIpc) is 1.63. The third kappa shape index (κ3) is 6.80. The quantitative estimate of drug-likeness (QED) is 0.451. The molecule has 0 atom stereocenters. The van der Waals surface area contributed by atoms with Crippen LogP contribution in [0.15, 0.2) is 5.16 Å². The van der Waals surface area contributed by atoms with Gasteiger partial charge in [-0.25, -0.2) is 4.79 Å². The third-order valence-corrected chi connectivity index (χ3v) is 0.304. The summed E-state index contributed by atoms with van der Waals surface area (Å²) in [6.45, 7) is -3.07. The molecule has 0 aromatic carbocycles. The molecule has 0 heterocycles. The Hall–Kier alpha value is -1.20. The predicted molar refractivity (Wildman–Crippen MR) is 23.2 cm³/mol. The van der Waals surface area contributed by atoms with Crippen molar-refractivity contribution in [1.82, 2.24) is 0 Å². The summed E-state index contributed by atoms with van der Waals surface area (Å²) in [5.41, 5.74) is 0. The lowest BCUT2D eigenvalue weighted by molar-refractivity contribution is -0.133. The first-order valence-electron chi connectivity index (χ1n) is 1.83. The number of nitrogens with zero attached hydrogens (tertiary/aromatic N) is 1. The molecule has 0 amide bonds. The molecule has 0 rings (SSSR count). The Morgan fingerprint density at radius 2 is 2.33 bits per heavy atom. The Bertz CT molecular complexity index is 124. The van der Waals surface area contributed by atoms with Crippen molar-refractivity contribution in [1.29, 1.82) is 0 Å². The van der Waals surface area contributed by atoms with Crippen LogP contribution < -0.4 is 0 Å². The van der Waals surface area contributed by atoms with Crippen molar-refractivity contribution in [3.63, 3.8) is 0 Å². The van der Waals surface area contributed by atoms with Crippen LogP contribution in [0, 0.1) is 0 Å². The number of carbonyl (C=O) groups is 1. The fraction of sp³-hybridized carbons (Fsp3) is 0.333. The van der Waals surface area contributed by atoms with Gasteiger partial charge in [0.15, 0.2) is 6.21 Å². The fourth-order valence-corrected chi connectivity index (χ4v) is 0.122. The fourth-order valence-electron chi connectivity index (χ4n) is 0.122. The normalized spacial score (nSPS) is 10.6. The molecule has 9 heavy (non-hydrogen) atoms. The standard InChI is InChI=1S/C3H3F2NO3/c4-3(5)9-6-1-2(7)8/h1,3H,(H,7,8). The van der Waals surface area contributed by atoms with Gasteiger partial charge in [0.25, 0.3) is 0 Å². The molecule has 0 aliphatic heterocycles. The molecule has 0 radical (unpaired) electrons. The highest BCUT2D eigenvalue weighted by atomic mass is 19.3. The van der Waals surface area contributed by atoms with Crippen LogP contribution in [0.2, 0.25) is 0 Å². The first-order chi connectivity index (χ1) is 4.13. The van der Waals surface area contributed by atoms with E-state index >= 15 is 0 Å². The number of rotatable bonds is 3. The van der Waals surface area contributed by atoms with Gasteiger partial charge in [0.05, 0.1) is 0 Å². The maximum Gasteiger partial charge on any atom is 0.407 e. The van der Waals surface area contributed by atoms with Crippen LogP contribution in [0.1, 0.15) is 0 Å². The molecule has 1 N–H and O–H groups in total. The molecule has 0 fully saturated rings. The van der Waals surface area contributed by atoms with E-state index in [-0.39, 0.29) is 6.21 Å². The van der Waals surface area contributed by atoms with Crippen LogP contribution in [0.4, 0.5) is 8.78 Å². The van der Waals surface area contributed by atoms with Crippen molar-refractivity contribution in [3.05, 3.63) is 0 Å². The van der Waals surface area contributed by atoms with Crippen molar-refractivity contribution >= 4 is 12.2 Å². The van der Waals surface area contributed by atoms with E-state index in [9.17, 15) is 13.6 Å². The highest BCUT2D eigenvalue weighted by molar-refractivity contribution is 6.21. The molecule has 0 bridgehead atoms. The number of carboxylic acid groups (broad SMARTS) is 1. The minimum atomic E-state index is -3.07. The summed E-state index contributed by atoms with van der Waals surface area (Å²) >= 11 is 0. The minimum absolute atomic E-state index is 0.228. The summed E-state index contributed by atoms with van der Waals surface area (Å²) in [5, 5.41) is 10.1. The van der Waals surface area contributed by atoms with Gasteiger partial charge in [-0.3, -0.25) is 0 Å². The van der Waals surface area contributed by atoms with E-state index < -0.39 is 12.6 Å². The molecule has 52 valence electrons. The molecule has 0 saturated heterocycles. The smallest absolute Gasteiger partial charge is 0.407 e. The SMILES string of the molecule is O=C(O)C=NOC(F)F. The van der Waals surface area contributed by atoms with E-state index in [1.807, 2.05) is 0 Å². The monoisotopic (exact) mass is 139 g/mol. The highest BCUT2D eigenvalue weighted by Gasteiger charge is 1.97. The highest BCUT2D eigenvalue weighted by Crippen LogP contribution is 1.92. The summed E-state index contributed by atoms with van der Waals surface area (Å²) in [6.07, 6.45) is 0.228. The van der Waals surface area contributed by atoms with E-state index in [1.165, 1.54) is 0 Å². The molecule has 0 spiro atoms. The first-order valence-corrected chi connectivity index (χ1v) is 1.83. The van der Waals surface area contributed by atoms with Crippen molar-refractivity contribution in [2.24, 2.45) is 5.16 Å². The number of aliphatic carboxylic acids is 1. The van der Waals surface area contributed by atoms with Gasteiger partial charge in [-0.05, 0) is 0 Å². The third-order valence-electron chi connectivity index (χ3n) is 0.304. The van der Waals surface area contributed by atoms with Crippen LogP contribution in [-0.4, -0.2) is 23.9 Å². The summed E-state index contributed by atoms with van der Waals surface area (Å²) in [6, 6.07) is 0. The second-order valence-corrected chi connectivity index (χ2v) is 0.939. The van der Waals surface area contributed by atoms with Crippen molar-refractivity contribution < 1.29 is 23.5 Å².